The number of carbonyl (C=O) groups excluding carboxylic acids is 1. The number of amides is 1. The van der Waals surface area contributed by atoms with Gasteiger partial charge in [0, 0.05) is 33.1 Å². The Hall–Kier alpha value is -1.31. The van der Waals surface area contributed by atoms with Crippen LogP contribution in [0.2, 0.25) is 0 Å². The third-order valence-corrected chi connectivity index (χ3v) is 4.78. The van der Waals surface area contributed by atoms with E-state index in [-0.39, 0.29) is 29.9 Å². The van der Waals surface area contributed by atoms with Crippen LogP contribution in [0, 0.1) is 26.7 Å². The molecule has 1 aromatic carbocycles. The Morgan fingerprint density at radius 3 is 2.52 bits per heavy atom. The zero-order valence-electron chi connectivity index (χ0n) is 15.8. The lowest BCUT2D eigenvalue weighted by molar-refractivity contribution is -0.119. The molecule has 1 aliphatic heterocycles. The SMILES string of the molecule is CN=C(NCc1c(C)cc(C)cc1C)N1CCCC(CC(N)=O)C1.I. The lowest BCUT2D eigenvalue weighted by Crippen LogP contribution is -2.47. The molecular weight excluding hydrogens is 427 g/mol. The molecule has 1 unspecified atom stereocenters. The molecule has 0 bridgehead atoms. The molecule has 1 saturated heterocycles. The van der Waals surface area contributed by atoms with Crippen molar-refractivity contribution in [2.75, 3.05) is 20.1 Å². The second kappa shape index (κ2) is 9.99. The van der Waals surface area contributed by atoms with E-state index in [0.29, 0.717) is 12.3 Å². The molecule has 1 fully saturated rings. The summed E-state index contributed by atoms with van der Waals surface area (Å²) in [6.07, 6.45) is 2.59. The Kier molecular flexibility index (Phi) is 8.68. The molecule has 1 aromatic rings. The summed E-state index contributed by atoms with van der Waals surface area (Å²) in [5, 5.41) is 3.49. The molecule has 25 heavy (non-hydrogen) atoms. The maximum absolute atomic E-state index is 11.2. The van der Waals surface area contributed by atoms with Gasteiger partial charge in [0.05, 0.1) is 0 Å². The molecule has 0 saturated carbocycles. The van der Waals surface area contributed by atoms with Crippen LogP contribution in [0.4, 0.5) is 0 Å². The van der Waals surface area contributed by atoms with Crippen molar-refractivity contribution in [3.63, 3.8) is 0 Å². The molecule has 3 N–H and O–H groups in total. The smallest absolute Gasteiger partial charge is 0.217 e. The highest BCUT2D eigenvalue weighted by atomic mass is 127. The van der Waals surface area contributed by atoms with Crippen LogP contribution in [-0.2, 0) is 11.3 Å². The number of rotatable bonds is 4. The van der Waals surface area contributed by atoms with E-state index in [1.54, 1.807) is 0 Å². The molecule has 140 valence electrons. The first kappa shape index (κ1) is 21.7. The van der Waals surface area contributed by atoms with Crippen molar-refractivity contribution in [3.8, 4) is 0 Å². The van der Waals surface area contributed by atoms with Gasteiger partial charge in [0.1, 0.15) is 0 Å². The highest BCUT2D eigenvalue weighted by Gasteiger charge is 2.23. The Bertz CT molecular complexity index is 607. The van der Waals surface area contributed by atoms with E-state index in [2.05, 4.69) is 48.1 Å². The molecule has 1 atom stereocenters. The van der Waals surface area contributed by atoms with Gasteiger partial charge in [-0.2, -0.15) is 0 Å². The lowest BCUT2D eigenvalue weighted by atomic mass is 9.95. The van der Waals surface area contributed by atoms with Gasteiger partial charge >= 0.3 is 0 Å². The number of likely N-dealkylation sites (tertiary alicyclic amines) is 1. The molecule has 0 radical (unpaired) electrons. The largest absolute Gasteiger partial charge is 0.370 e. The predicted molar refractivity (Wildman–Crippen MR) is 114 cm³/mol. The zero-order valence-corrected chi connectivity index (χ0v) is 18.1. The van der Waals surface area contributed by atoms with E-state index in [1.807, 2.05) is 7.05 Å². The van der Waals surface area contributed by atoms with Crippen molar-refractivity contribution in [2.24, 2.45) is 16.6 Å². The first-order valence-electron chi connectivity index (χ1n) is 8.71. The topological polar surface area (TPSA) is 70.7 Å². The number of nitrogens with one attached hydrogen (secondary N) is 1. The van der Waals surface area contributed by atoms with Crippen LogP contribution in [0.25, 0.3) is 0 Å². The average Bonchev–Trinajstić information content (AvgIpc) is 2.49. The number of aryl methyl sites for hydroxylation is 3. The number of nitrogens with zero attached hydrogens (tertiary/aromatic N) is 2. The van der Waals surface area contributed by atoms with Crippen molar-refractivity contribution < 1.29 is 4.79 Å². The number of piperidine rings is 1. The van der Waals surface area contributed by atoms with Crippen molar-refractivity contribution in [3.05, 3.63) is 34.4 Å². The van der Waals surface area contributed by atoms with Gasteiger partial charge in [-0.1, -0.05) is 17.7 Å². The van der Waals surface area contributed by atoms with E-state index in [9.17, 15) is 4.79 Å². The standard InChI is InChI=1S/C19H30N4O.HI/c1-13-8-14(2)17(15(3)9-13)11-22-19(21-4)23-7-5-6-16(12-23)10-18(20)24;/h8-9,16H,5-7,10-12H2,1-4H3,(H2,20,24)(H,21,22);1H. The monoisotopic (exact) mass is 458 g/mol. The third-order valence-electron chi connectivity index (χ3n) is 4.78. The molecule has 6 heteroatoms. The van der Waals surface area contributed by atoms with E-state index in [4.69, 9.17) is 5.73 Å². The van der Waals surface area contributed by atoms with Crippen LogP contribution >= 0.6 is 24.0 Å². The van der Waals surface area contributed by atoms with Crippen LogP contribution in [0.1, 0.15) is 41.5 Å². The summed E-state index contributed by atoms with van der Waals surface area (Å²) in [5.41, 5.74) is 10.6. The summed E-state index contributed by atoms with van der Waals surface area (Å²) in [6, 6.07) is 4.44. The van der Waals surface area contributed by atoms with Crippen LogP contribution in [-0.4, -0.2) is 36.9 Å². The van der Waals surface area contributed by atoms with Gasteiger partial charge in [0.15, 0.2) is 5.96 Å². The van der Waals surface area contributed by atoms with Crippen molar-refractivity contribution >= 4 is 35.8 Å². The second-order valence-corrected chi connectivity index (χ2v) is 6.90. The number of aliphatic imine (C=N–C) groups is 1. The minimum atomic E-state index is -0.212. The molecule has 1 amide bonds. The maximum Gasteiger partial charge on any atom is 0.217 e. The minimum Gasteiger partial charge on any atom is -0.370 e. The van der Waals surface area contributed by atoms with E-state index < -0.39 is 0 Å². The summed E-state index contributed by atoms with van der Waals surface area (Å²) >= 11 is 0. The zero-order chi connectivity index (χ0) is 17.7. The van der Waals surface area contributed by atoms with Crippen LogP contribution < -0.4 is 11.1 Å². The fourth-order valence-electron chi connectivity index (χ4n) is 3.70. The Balaban J connectivity index is 0.00000312. The van der Waals surface area contributed by atoms with Gasteiger partial charge in [0.2, 0.25) is 5.91 Å². The van der Waals surface area contributed by atoms with Gasteiger partial charge < -0.3 is 16.0 Å². The van der Waals surface area contributed by atoms with E-state index in [0.717, 1.165) is 38.4 Å². The third kappa shape index (κ3) is 6.17. The quantitative estimate of drug-likeness (QED) is 0.414. The number of benzene rings is 1. The molecule has 0 aromatic heterocycles. The van der Waals surface area contributed by atoms with Gasteiger partial charge in [0.25, 0.3) is 0 Å². The summed E-state index contributed by atoms with van der Waals surface area (Å²) in [7, 11) is 1.81. The number of hydrogen-bond donors (Lipinski definition) is 2. The number of primary amides is 1. The Labute approximate surface area is 168 Å². The first-order chi connectivity index (χ1) is 11.4. The Morgan fingerprint density at radius 2 is 1.96 bits per heavy atom. The molecule has 2 rings (SSSR count). The maximum atomic E-state index is 11.2. The number of halogens is 1. The van der Waals surface area contributed by atoms with Crippen LogP contribution in [0.15, 0.2) is 17.1 Å². The average molecular weight is 458 g/mol. The van der Waals surface area contributed by atoms with Gasteiger partial charge in [-0.05, 0) is 56.2 Å². The molecule has 5 nitrogen and oxygen atoms in total. The van der Waals surface area contributed by atoms with Crippen LogP contribution in [0.3, 0.4) is 0 Å². The molecular formula is C19H31IN4O. The molecule has 0 spiro atoms. The molecule has 1 aliphatic rings. The fraction of sp³-hybridized carbons (Fsp3) is 0.579. The lowest BCUT2D eigenvalue weighted by Gasteiger charge is -2.34. The molecule has 0 aliphatic carbocycles. The van der Waals surface area contributed by atoms with Gasteiger partial charge in [-0.15, -0.1) is 24.0 Å². The number of nitrogens with two attached hydrogens (primary N) is 1. The van der Waals surface area contributed by atoms with Crippen LogP contribution in [0.5, 0.6) is 0 Å². The van der Waals surface area contributed by atoms with Crippen molar-refractivity contribution in [2.45, 2.75) is 46.6 Å². The number of hydrogen-bond acceptors (Lipinski definition) is 2. The number of guanidine groups is 1. The normalized spacial score (nSPS) is 17.8. The van der Waals surface area contributed by atoms with Gasteiger partial charge in [-0.3, -0.25) is 9.79 Å². The molecule has 1 heterocycles. The minimum absolute atomic E-state index is 0. The highest BCUT2D eigenvalue weighted by Crippen LogP contribution is 2.20. The summed E-state index contributed by atoms with van der Waals surface area (Å²) < 4.78 is 0. The van der Waals surface area contributed by atoms with E-state index >= 15 is 0 Å². The predicted octanol–water partition coefficient (Wildman–Crippen LogP) is 2.89. The fourth-order valence-corrected chi connectivity index (χ4v) is 3.70. The van der Waals surface area contributed by atoms with Crippen molar-refractivity contribution in [1.29, 1.82) is 0 Å². The summed E-state index contributed by atoms with van der Waals surface area (Å²) in [6.45, 7) is 9.02. The first-order valence-corrected chi connectivity index (χ1v) is 8.71. The van der Waals surface area contributed by atoms with Gasteiger partial charge in [-0.25, -0.2) is 0 Å². The Morgan fingerprint density at radius 1 is 1.32 bits per heavy atom. The summed E-state index contributed by atoms with van der Waals surface area (Å²) in [4.78, 5) is 17.9. The summed E-state index contributed by atoms with van der Waals surface area (Å²) in [5.74, 6) is 1.02. The van der Waals surface area contributed by atoms with E-state index in [1.165, 1.54) is 22.3 Å². The van der Waals surface area contributed by atoms with Crippen molar-refractivity contribution in [1.82, 2.24) is 10.2 Å². The highest BCUT2D eigenvalue weighted by molar-refractivity contribution is 14.0. The second-order valence-electron chi connectivity index (χ2n) is 6.90. The number of carbonyl (C=O) groups is 1.